The molecule has 0 heterocycles. The van der Waals surface area contributed by atoms with Crippen LogP contribution in [-0.4, -0.2) is 41.7 Å². The topological polar surface area (TPSA) is 77.8 Å². The van der Waals surface area contributed by atoms with Crippen LogP contribution in [0.15, 0.2) is 47.1 Å². The van der Waals surface area contributed by atoms with Gasteiger partial charge in [0.05, 0.1) is 5.60 Å². The van der Waals surface area contributed by atoms with Crippen molar-refractivity contribution in [3.63, 3.8) is 0 Å². The molecule has 5 nitrogen and oxygen atoms in total. The van der Waals surface area contributed by atoms with Crippen molar-refractivity contribution in [1.82, 2.24) is 0 Å². The van der Waals surface area contributed by atoms with Crippen molar-refractivity contribution in [1.29, 1.82) is 0 Å². The van der Waals surface area contributed by atoms with E-state index in [2.05, 4.69) is 43.0 Å². The lowest BCUT2D eigenvalue weighted by Crippen LogP contribution is -2.52. The van der Waals surface area contributed by atoms with Gasteiger partial charge >= 0.3 is 5.97 Å². The number of fused-ring (bicyclic) bond motifs is 4. The first-order chi connectivity index (χ1) is 16.5. The summed E-state index contributed by atoms with van der Waals surface area (Å²) in [6, 6.07) is 8.80. The quantitative estimate of drug-likeness (QED) is 0.586. The monoisotopic (exact) mass is 477 g/mol. The van der Waals surface area contributed by atoms with Gasteiger partial charge in [-0.05, 0) is 91.2 Å². The molecular formula is C30H39NO4. The Morgan fingerprint density at radius 1 is 1.17 bits per heavy atom. The van der Waals surface area contributed by atoms with Crippen LogP contribution in [0, 0.1) is 23.2 Å². The summed E-state index contributed by atoms with van der Waals surface area (Å²) in [6.07, 6.45) is 7.05. The number of carboxylic acids is 1. The van der Waals surface area contributed by atoms with E-state index in [-0.39, 0.29) is 23.5 Å². The van der Waals surface area contributed by atoms with Gasteiger partial charge in [-0.3, -0.25) is 9.59 Å². The van der Waals surface area contributed by atoms with E-state index in [4.69, 9.17) is 0 Å². The van der Waals surface area contributed by atoms with E-state index < -0.39 is 11.6 Å². The number of benzene rings is 1. The van der Waals surface area contributed by atoms with Crippen molar-refractivity contribution in [2.75, 3.05) is 19.0 Å². The molecule has 1 aromatic carbocycles. The molecule has 1 aromatic rings. The molecule has 4 aliphatic rings. The maximum Gasteiger partial charge on any atom is 0.303 e. The summed E-state index contributed by atoms with van der Waals surface area (Å²) >= 11 is 0. The first-order valence-corrected chi connectivity index (χ1v) is 13.2. The molecule has 0 saturated heterocycles. The van der Waals surface area contributed by atoms with E-state index in [9.17, 15) is 19.8 Å². The summed E-state index contributed by atoms with van der Waals surface area (Å²) in [7, 11) is 4.09. The molecule has 6 atom stereocenters. The molecule has 35 heavy (non-hydrogen) atoms. The van der Waals surface area contributed by atoms with Crippen LogP contribution in [0.2, 0.25) is 0 Å². The third kappa shape index (κ3) is 3.87. The number of hydrogen-bond donors (Lipinski definition) is 2. The number of allylic oxidation sites excluding steroid dienone is 4. The van der Waals surface area contributed by atoms with Crippen molar-refractivity contribution < 1.29 is 19.8 Å². The highest BCUT2D eigenvalue weighted by Gasteiger charge is 2.62. The molecule has 5 heteroatoms. The first-order valence-electron chi connectivity index (χ1n) is 13.2. The lowest BCUT2D eigenvalue weighted by molar-refractivity contribution is -0.142. The van der Waals surface area contributed by atoms with Crippen LogP contribution in [0.4, 0.5) is 5.69 Å². The van der Waals surface area contributed by atoms with Crippen LogP contribution in [0.1, 0.15) is 76.7 Å². The van der Waals surface area contributed by atoms with E-state index in [0.29, 0.717) is 37.0 Å². The van der Waals surface area contributed by atoms with E-state index in [1.807, 2.05) is 20.2 Å². The Morgan fingerprint density at radius 3 is 2.54 bits per heavy atom. The summed E-state index contributed by atoms with van der Waals surface area (Å²) in [5.74, 6) is 0.601. The Labute approximate surface area is 208 Å². The Kier molecular flexibility index (Phi) is 5.98. The molecule has 188 valence electrons. The number of nitrogens with zero attached hydrogens (tertiary/aromatic N) is 1. The lowest BCUT2D eigenvalue weighted by Gasteiger charge is -2.55. The van der Waals surface area contributed by atoms with Crippen LogP contribution < -0.4 is 4.90 Å². The molecule has 2 fully saturated rings. The van der Waals surface area contributed by atoms with Crippen molar-refractivity contribution in [2.45, 2.75) is 76.7 Å². The molecule has 0 bridgehead atoms. The maximum absolute atomic E-state index is 12.3. The third-order valence-electron chi connectivity index (χ3n) is 9.98. The second-order valence-corrected chi connectivity index (χ2v) is 12.0. The molecule has 0 aliphatic heterocycles. The van der Waals surface area contributed by atoms with E-state index >= 15 is 0 Å². The van der Waals surface area contributed by atoms with Gasteiger partial charge in [0.25, 0.3) is 0 Å². The van der Waals surface area contributed by atoms with Gasteiger partial charge in [0.1, 0.15) is 0 Å². The minimum Gasteiger partial charge on any atom is -0.481 e. The largest absolute Gasteiger partial charge is 0.481 e. The van der Waals surface area contributed by atoms with E-state index in [0.717, 1.165) is 31.4 Å². The van der Waals surface area contributed by atoms with E-state index in [1.54, 1.807) is 0 Å². The number of carboxylic acid groups (broad SMARTS) is 1. The summed E-state index contributed by atoms with van der Waals surface area (Å²) in [5.41, 5.74) is 5.26. The fourth-order valence-electron chi connectivity index (χ4n) is 8.07. The molecule has 0 radical (unpaired) electrons. The molecule has 0 spiro atoms. The van der Waals surface area contributed by atoms with Gasteiger partial charge in [0.15, 0.2) is 5.78 Å². The smallest absolute Gasteiger partial charge is 0.303 e. The predicted octanol–water partition coefficient (Wildman–Crippen LogP) is 5.49. The van der Waals surface area contributed by atoms with Gasteiger partial charge in [-0.2, -0.15) is 0 Å². The van der Waals surface area contributed by atoms with Gasteiger partial charge in [-0.15, -0.1) is 0 Å². The van der Waals surface area contributed by atoms with E-state index in [1.165, 1.54) is 22.3 Å². The van der Waals surface area contributed by atoms with Crippen molar-refractivity contribution in [3.8, 4) is 0 Å². The van der Waals surface area contributed by atoms with Crippen LogP contribution in [0.5, 0.6) is 0 Å². The Morgan fingerprint density at radius 2 is 1.89 bits per heavy atom. The van der Waals surface area contributed by atoms with Crippen molar-refractivity contribution >= 4 is 17.4 Å². The highest BCUT2D eigenvalue weighted by atomic mass is 16.4. The average Bonchev–Trinajstić information content (AvgIpc) is 3.08. The number of carbonyl (C=O) groups excluding carboxylic acids is 1. The first kappa shape index (κ1) is 24.3. The Hall–Kier alpha value is -2.40. The zero-order valence-corrected chi connectivity index (χ0v) is 21.5. The lowest BCUT2D eigenvalue weighted by atomic mass is 9.50. The third-order valence-corrected chi connectivity index (χ3v) is 9.98. The standard InChI is InChI=1S/C30H39NO4/c1-18-15-24-26-11-13-30(35,14-12-27(33)34)29(26,2)17-25(19-5-7-20(8-6-19)31(3)4)28(24)22-10-9-21(32)16-23(18)22/h5-8,16,18,24-26,35H,9-15,17H2,1-4H3,(H,33,34)/t18-,24-,25+,26-,29-,30+/m0/s1. The number of aliphatic hydroxyl groups is 1. The SMILES string of the molecule is C[C@H]1C[C@@H]2C(=C3CCC(=O)C=C31)[C@@H](c1ccc(N(C)C)cc1)C[C@@]1(C)[C@H]2CC[C@@]1(O)CCC(=O)O. The summed E-state index contributed by atoms with van der Waals surface area (Å²) in [4.78, 5) is 25.9. The maximum atomic E-state index is 12.3. The average molecular weight is 478 g/mol. The molecule has 2 N–H and O–H groups in total. The summed E-state index contributed by atoms with van der Waals surface area (Å²) in [5, 5.41) is 21.3. The van der Waals surface area contributed by atoms with Gasteiger partial charge in [0, 0.05) is 44.0 Å². The Balaban J connectivity index is 1.64. The number of ketones is 1. The summed E-state index contributed by atoms with van der Waals surface area (Å²) < 4.78 is 0. The molecule has 5 rings (SSSR count). The highest BCUT2D eigenvalue weighted by Crippen LogP contribution is 2.68. The minimum absolute atomic E-state index is 0.00498. The zero-order chi connectivity index (χ0) is 25.1. The molecular weight excluding hydrogens is 438 g/mol. The Bertz CT molecular complexity index is 1100. The fourth-order valence-corrected chi connectivity index (χ4v) is 8.07. The van der Waals surface area contributed by atoms with Gasteiger partial charge in [-0.25, -0.2) is 0 Å². The zero-order valence-electron chi connectivity index (χ0n) is 21.5. The minimum atomic E-state index is -0.962. The normalized spacial score (nSPS) is 36.3. The molecule has 2 saturated carbocycles. The molecule has 4 aliphatic carbocycles. The van der Waals surface area contributed by atoms with Gasteiger partial charge in [0.2, 0.25) is 0 Å². The van der Waals surface area contributed by atoms with Crippen molar-refractivity contribution in [3.05, 3.63) is 52.6 Å². The fraction of sp³-hybridized carbons (Fsp3) is 0.600. The predicted molar refractivity (Wildman–Crippen MR) is 137 cm³/mol. The van der Waals surface area contributed by atoms with Crippen molar-refractivity contribution in [2.24, 2.45) is 23.2 Å². The highest BCUT2D eigenvalue weighted by molar-refractivity contribution is 5.93. The molecule has 0 aromatic heterocycles. The molecule has 0 unspecified atom stereocenters. The second kappa shape index (κ2) is 8.62. The number of hydrogen-bond acceptors (Lipinski definition) is 4. The summed E-state index contributed by atoms with van der Waals surface area (Å²) in [6.45, 7) is 4.48. The number of anilines is 1. The van der Waals surface area contributed by atoms with Crippen LogP contribution in [0.3, 0.4) is 0 Å². The van der Waals surface area contributed by atoms with Gasteiger partial charge < -0.3 is 15.1 Å². The van der Waals surface area contributed by atoms with Crippen LogP contribution >= 0.6 is 0 Å². The van der Waals surface area contributed by atoms with Crippen LogP contribution in [0.25, 0.3) is 0 Å². The second-order valence-electron chi connectivity index (χ2n) is 12.0. The number of rotatable bonds is 5. The number of aliphatic carboxylic acids is 1. The van der Waals surface area contributed by atoms with Crippen LogP contribution in [-0.2, 0) is 9.59 Å². The number of carbonyl (C=O) groups is 2. The molecule has 0 amide bonds. The van der Waals surface area contributed by atoms with Gasteiger partial charge in [-0.1, -0.05) is 31.6 Å².